The van der Waals surface area contributed by atoms with Crippen molar-refractivity contribution in [3.8, 4) is 33.4 Å². The molecule has 1 aliphatic carbocycles. The first-order valence-electron chi connectivity index (χ1n) is 16.3. The lowest BCUT2D eigenvalue weighted by molar-refractivity contribution is 0.660. The summed E-state index contributed by atoms with van der Waals surface area (Å²) in [5.41, 5.74) is 15.1. The number of benzene rings is 7. The molecule has 0 saturated heterocycles. The van der Waals surface area contributed by atoms with Gasteiger partial charge in [0.1, 0.15) is 11.2 Å². The first-order valence-corrected chi connectivity index (χ1v) is 16.3. The molecule has 1 heterocycles. The SMILES string of the molecule is CC1(C)c2ccccc2-c2ccc(N(c3ccc(-c4ccccc4)cc3)c3ccc4c(c3)oc3ccc(-c5ccccc5)cc34)cc21. The number of fused-ring (bicyclic) bond motifs is 6. The van der Waals surface area contributed by atoms with Crippen LogP contribution in [0.2, 0.25) is 0 Å². The molecule has 0 atom stereocenters. The molecule has 1 aliphatic rings. The van der Waals surface area contributed by atoms with Gasteiger partial charge in [0.05, 0.1) is 0 Å². The molecule has 9 rings (SSSR count). The second-order valence-electron chi connectivity index (χ2n) is 13.0. The molecule has 0 radical (unpaired) electrons. The normalized spacial score (nSPS) is 13.1. The molecule has 0 bridgehead atoms. The highest BCUT2D eigenvalue weighted by molar-refractivity contribution is 6.07. The smallest absolute Gasteiger partial charge is 0.137 e. The van der Waals surface area contributed by atoms with Crippen LogP contribution in [0, 0.1) is 0 Å². The molecule has 2 heteroatoms. The van der Waals surface area contributed by atoms with Crippen LogP contribution in [0.5, 0.6) is 0 Å². The van der Waals surface area contributed by atoms with E-state index in [2.05, 4.69) is 183 Å². The molecule has 0 N–H and O–H groups in total. The van der Waals surface area contributed by atoms with Crippen molar-refractivity contribution in [1.82, 2.24) is 0 Å². The van der Waals surface area contributed by atoms with E-state index in [0.29, 0.717) is 0 Å². The zero-order valence-corrected chi connectivity index (χ0v) is 26.4. The third kappa shape index (κ3) is 4.48. The average Bonchev–Trinajstić information content (AvgIpc) is 3.60. The third-order valence-corrected chi connectivity index (χ3v) is 9.88. The standard InChI is InChI=1S/C45H33NO/c1-45(2)41-16-10-9-15-37(41)38-24-22-35(28-42(38)45)46(34-20-17-32(18-21-34)30-11-5-3-6-12-30)36-23-25-39-40-27-33(31-13-7-4-8-14-31)19-26-43(40)47-44(39)29-36/h3-29H,1-2H3. The Labute approximate surface area is 275 Å². The first-order chi connectivity index (χ1) is 23.0. The zero-order chi connectivity index (χ0) is 31.5. The van der Waals surface area contributed by atoms with Crippen molar-refractivity contribution in [2.24, 2.45) is 0 Å². The highest BCUT2D eigenvalue weighted by Crippen LogP contribution is 2.51. The lowest BCUT2D eigenvalue weighted by atomic mass is 9.82. The van der Waals surface area contributed by atoms with Gasteiger partial charge in [-0.1, -0.05) is 123 Å². The van der Waals surface area contributed by atoms with Crippen molar-refractivity contribution in [3.05, 3.63) is 175 Å². The Bertz CT molecular complexity index is 2420. The van der Waals surface area contributed by atoms with Gasteiger partial charge in [0.2, 0.25) is 0 Å². The van der Waals surface area contributed by atoms with Crippen molar-refractivity contribution < 1.29 is 4.42 Å². The first kappa shape index (κ1) is 27.5. The summed E-state index contributed by atoms with van der Waals surface area (Å²) in [4.78, 5) is 2.36. The summed E-state index contributed by atoms with van der Waals surface area (Å²) in [6, 6.07) is 58.8. The molecular weight excluding hydrogens is 571 g/mol. The molecule has 1 aromatic heterocycles. The molecule has 47 heavy (non-hydrogen) atoms. The molecular formula is C45H33NO. The summed E-state index contributed by atoms with van der Waals surface area (Å²) in [7, 11) is 0. The topological polar surface area (TPSA) is 16.4 Å². The molecule has 0 fully saturated rings. The molecule has 0 unspecified atom stereocenters. The maximum absolute atomic E-state index is 6.51. The summed E-state index contributed by atoms with van der Waals surface area (Å²) < 4.78 is 6.51. The number of hydrogen-bond donors (Lipinski definition) is 0. The van der Waals surface area contributed by atoms with Gasteiger partial charge >= 0.3 is 0 Å². The summed E-state index contributed by atoms with van der Waals surface area (Å²) in [6.45, 7) is 4.68. The maximum atomic E-state index is 6.51. The van der Waals surface area contributed by atoms with Crippen LogP contribution in [0.25, 0.3) is 55.3 Å². The van der Waals surface area contributed by atoms with Crippen molar-refractivity contribution in [2.75, 3.05) is 4.90 Å². The van der Waals surface area contributed by atoms with E-state index < -0.39 is 0 Å². The quantitative estimate of drug-likeness (QED) is 0.195. The van der Waals surface area contributed by atoms with Gasteiger partial charge in [0.25, 0.3) is 0 Å². The Kier molecular flexibility index (Phi) is 6.20. The van der Waals surface area contributed by atoms with Crippen LogP contribution in [0.15, 0.2) is 168 Å². The minimum Gasteiger partial charge on any atom is -0.456 e. The van der Waals surface area contributed by atoms with Crippen molar-refractivity contribution in [3.63, 3.8) is 0 Å². The molecule has 0 amide bonds. The van der Waals surface area contributed by atoms with Crippen LogP contribution in [-0.2, 0) is 5.41 Å². The van der Waals surface area contributed by atoms with E-state index in [4.69, 9.17) is 4.42 Å². The molecule has 7 aromatic carbocycles. The number of rotatable bonds is 5. The second-order valence-corrected chi connectivity index (χ2v) is 13.0. The predicted molar refractivity (Wildman–Crippen MR) is 197 cm³/mol. The summed E-state index contributed by atoms with van der Waals surface area (Å²) >= 11 is 0. The highest BCUT2D eigenvalue weighted by Gasteiger charge is 2.35. The molecule has 0 spiro atoms. The fraction of sp³-hybridized carbons (Fsp3) is 0.0667. The van der Waals surface area contributed by atoms with E-state index >= 15 is 0 Å². The van der Waals surface area contributed by atoms with Gasteiger partial charge in [-0.25, -0.2) is 0 Å². The van der Waals surface area contributed by atoms with Gasteiger partial charge in [0, 0.05) is 39.3 Å². The van der Waals surface area contributed by atoms with E-state index in [0.717, 1.165) is 39.0 Å². The minimum absolute atomic E-state index is 0.0933. The van der Waals surface area contributed by atoms with E-state index in [1.165, 1.54) is 44.5 Å². The number of anilines is 3. The van der Waals surface area contributed by atoms with E-state index in [-0.39, 0.29) is 5.41 Å². The van der Waals surface area contributed by atoms with Gasteiger partial charge in [-0.15, -0.1) is 0 Å². The maximum Gasteiger partial charge on any atom is 0.137 e. The number of nitrogens with zero attached hydrogens (tertiary/aromatic N) is 1. The van der Waals surface area contributed by atoms with E-state index in [1.54, 1.807) is 0 Å². The summed E-state index contributed by atoms with van der Waals surface area (Å²) in [6.07, 6.45) is 0. The van der Waals surface area contributed by atoms with Crippen LogP contribution in [0.1, 0.15) is 25.0 Å². The Morgan fingerprint density at radius 1 is 0.404 bits per heavy atom. The largest absolute Gasteiger partial charge is 0.456 e. The van der Waals surface area contributed by atoms with Gasteiger partial charge in [0.15, 0.2) is 0 Å². The molecule has 0 aliphatic heterocycles. The number of hydrogen-bond acceptors (Lipinski definition) is 2. The summed E-state index contributed by atoms with van der Waals surface area (Å²) in [5, 5.41) is 2.25. The Morgan fingerprint density at radius 2 is 0.979 bits per heavy atom. The lowest BCUT2D eigenvalue weighted by Crippen LogP contribution is -2.16. The second kappa shape index (κ2) is 10.6. The van der Waals surface area contributed by atoms with Crippen LogP contribution in [0.4, 0.5) is 17.1 Å². The van der Waals surface area contributed by atoms with E-state index in [9.17, 15) is 0 Å². The molecule has 2 nitrogen and oxygen atoms in total. The van der Waals surface area contributed by atoms with Gasteiger partial charge < -0.3 is 9.32 Å². The van der Waals surface area contributed by atoms with Crippen LogP contribution >= 0.6 is 0 Å². The Morgan fingerprint density at radius 3 is 1.74 bits per heavy atom. The van der Waals surface area contributed by atoms with Crippen molar-refractivity contribution in [2.45, 2.75) is 19.3 Å². The van der Waals surface area contributed by atoms with Gasteiger partial charge in [-0.3, -0.25) is 0 Å². The van der Waals surface area contributed by atoms with Crippen LogP contribution in [-0.4, -0.2) is 0 Å². The Hall–Kier alpha value is -5.86. The Balaban J connectivity index is 1.19. The predicted octanol–water partition coefficient (Wildman–Crippen LogP) is 12.7. The van der Waals surface area contributed by atoms with E-state index in [1.807, 2.05) is 0 Å². The molecule has 224 valence electrons. The highest BCUT2D eigenvalue weighted by atomic mass is 16.3. The van der Waals surface area contributed by atoms with Crippen LogP contribution < -0.4 is 4.90 Å². The molecule has 0 saturated carbocycles. The number of furan rings is 1. The van der Waals surface area contributed by atoms with Gasteiger partial charge in [-0.05, 0) is 93.0 Å². The third-order valence-electron chi connectivity index (χ3n) is 9.88. The van der Waals surface area contributed by atoms with Gasteiger partial charge in [-0.2, -0.15) is 0 Å². The summed E-state index contributed by atoms with van der Waals surface area (Å²) in [5.74, 6) is 0. The van der Waals surface area contributed by atoms with Crippen molar-refractivity contribution in [1.29, 1.82) is 0 Å². The fourth-order valence-corrected chi connectivity index (χ4v) is 7.43. The monoisotopic (exact) mass is 603 g/mol. The average molecular weight is 604 g/mol. The minimum atomic E-state index is -0.0933. The molecule has 8 aromatic rings. The fourth-order valence-electron chi connectivity index (χ4n) is 7.43. The lowest BCUT2D eigenvalue weighted by Gasteiger charge is -2.28. The van der Waals surface area contributed by atoms with Crippen LogP contribution in [0.3, 0.4) is 0 Å². The zero-order valence-electron chi connectivity index (χ0n) is 26.4. The van der Waals surface area contributed by atoms with Crippen molar-refractivity contribution >= 4 is 39.0 Å².